The summed E-state index contributed by atoms with van der Waals surface area (Å²) < 4.78 is 29.5. The van der Waals surface area contributed by atoms with Gasteiger partial charge in [-0.1, -0.05) is 53.5 Å². The molecule has 0 aromatic heterocycles. The fraction of sp³-hybridized carbons (Fsp3) is 0.263. The van der Waals surface area contributed by atoms with E-state index >= 15 is 0 Å². The molecule has 2 aromatic rings. The Hall–Kier alpha value is -2.09. The minimum absolute atomic E-state index is 0.0204. The Morgan fingerprint density at radius 1 is 1.11 bits per heavy atom. The van der Waals surface area contributed by atoms with Gasteiger partial charge in [0.05, 0.1) is 28.1 Å². The van der Waals surface area contributed by atoms with Crippen LogP contribution in [0.4, 0.5) is 0 Å². The molecule has 6 nitrogen and oxygen atoms in total. The van der Waals surface area contributed by atoms with E-state index in [-0.39, 0.29) is 21.0 Å². The van der Waals surface area contributed by atoms with Crippen molar-refractivity contribution in [1.29, 1.82) is 0 Å². The Morgan fingerprint density at radius 2 is 1.79 bits per heavy atom. The van der Waals surface area contributed by atoms with Gasteiger partial charge >= 0.3 is 5.97 Å². The van der Waals surface area contributed by atoms with Crippen molar-refractivity contribution in [3.63, 3.8) is 0 Å². The second kappa shape index (κ2) is 9.91. The molecule has 28 heavy (non-hydrogen) atoms. The molecule has 0 bridgehead atoms. The molecular weight excluding hydrogens is 425 g/mol. The Labute approximate surface area is 173 Å². The zero-order valence-corrected chi connectivity index (χ0v) is 17.4. The van der Waals surface area contributed by atoms with Gasteiger partial charge in [0.15, 0.2) is 16.4 Å². The lowest BCUT2D eigenvalue weighted by atomic mass is 10.1. The Balaban J connectivity index is 1.82. The van der Waals surface area contributed by atoms with Crippen LogP contribution in [0, 0.1) is 0 Å². The van der Waals surface area contributed by atoms with E-state index in [9.17, 15) is 18.0 Å². The number of sulfone groups is 1. The summed E-state index contributed by atoms with van der Waals surface area (Å²) in [5.41, 5.74) is 0.909. The maximum Gasteiger partial charge on any atom is 0.307 e. The average Bonchev–Trinajstić information content (AvgIpc) is 2.67. The van der Waals surface area contributed by atoms with E-state index in [1.165, 1.54) is 18.2 Å². The van der Waals surface area contributed by atoms with E-state index in [2.05, 4.69) is 5.32 Å². The predicted octanol–water partition coefficient (Wildman–Crippen LogP) is 3.58. The smallest absolute Gasteiger partial charge is 0.307 e. The van der Waals surface area contributed by atoms with Crippen molar-refractivity contribution in [3.8, 4) is 0 Å². The molecule has 0 heterocycles. The van der Waals surface area contributed by atoms with E-state index < -0.39 is 40.5 Å². The molecule has 9 heteroatoms. The van der Waals surface area contributed by atoms with Crippen LogP contribution in [0.25, 0.3) is 0 Å². The Kier molecular flexibility index (Phi) is 7.86. The summed E-state index contributed by atoms with van der Waals surface area (Å²) in [5, 5.41) is 2.93. The topological polar surface area (TPSA) is 89.5 Å². The lowest BCUT2D eigenvalue weighted by Crippen LogP contribution is -2.31. The first-order valence-corrected chi connectivity index (χ1v) is 10.8. The van der Waals surface area contributed by atoms with E-state index in [1.807, 2.05) is 30.3 Å². The summed E-state index contributed by atoms with van der Waals surface area (Å²) in [6, 6.07) is 13.1. The number of amides is 1. The number of nitrogens with one attached hydrogen (secondary N) is 1. The first kappa shape index (κ1) is 22.2. The van der Waals surface area contributed by atoms with E-state index in [4.69, 9.17) is 27.9 Å². The molecular formula is C19H19Cl2NO5S. The predicted molar refractivity (Wildman–Crippen MR) is 107 cm³/mol. The van der Waals surface area contributed by atoms with Crippen molar-refractivity contribution in [3.05, 3.63) is 64.1 Å². The number of carbonyl (C=O) groups excluding carboxylic acids is 2. The van der Waals surface area contributed by atoms with Crippen LogP contribution < -0.4 is 5.32 Å². The number of esters is 1. The van der Waals surface area contributed by atoms with Crippen LogP contribution in [0.15, 0.2) is 53.4 Å². The third-order valence-electron chi connectivity index (χ3n) is 3.84. The summed E-state index contributed by atoms with van der Waals surface area (Å²) in [7, 11) is -3.82. The van der Waals surface area contributed by atoms with Crippen molar-refractivity contribution >= 4 is 44.9 Å². The van der Waals surface area contributed by atoms with Crippen LogP contribution in [0.5, 0.6) is 0 Å². The molecule has 0 aliphatic carbocycles. The molecule has 0 aliphatic rings. The summed E-state index contributed by atoms with van der Waals surface area (Å²) in [6.45, 7) is 1.31. The standard InChI is InChI=1S/C19H19Cl2NO5S/c1-13(14-5-3-2-4-6-14)22-18(23)12-27-19(24)9-10-28(25,26)17-11-15(20)7-8-16(17)21/h2-8,11,13H,9-10,12H2,1H3,(H,22,23)/t13-/m0/s1. The quantitative estimate of drug-likeness (QED) is 0.629. The second-order valence-electron chi connectivity index (χ2n) is 6.00. The molecule has 1 N–H and O–H groups in total. The average molecular weight is 444 g/mol. The lowest BCUT2D eigenvalue weighted by Gasteiger charge is -2.14. The van der Waals surface area contributed by atoms with Crippen molar-refractivity contribution in [2.45, 2.75) is 24.3 Å². The van der Waals surface area contributed by atoms with Gasteiger partial charge in [-0.3, -0.25) is 9.59 Å². The van der Waals surface area contributed by atoms with Gasteiger partial charge in [0.1, 0.15) is 0 Å². The van der Waals surface area contributed by atoms with E-state index in [0.29, 0.717) is 0 Å². The summed E-state index contributed by atoms with van der Waals surface area (Å²) >= 11 is 11.7. The molecule has 0 saturated carbocycles. The molecule has 2 rings (SSSR count). The summed E-state index contributed by atoms with van der Waals surface area (Å²) in [6.07, 6.45) is -0.410. The van der Waals surface area contributed by atoms with Crippen LogP contribution in [0.2, 0.25) is 10.0 Å². The zero-order chi connectivity index (χ0) is 20.7. The van der Waals surface area contributed by atoms with E-state index in [1.54, 1.807) is 6.92 Å². The monoisotopic (exact) mass is 443 g/mol. The normalized spacial score (nSPS) is 12.2. The maximum absolute atomic E-state index is 12.3. The van der Waals surface area contributed by atoms with Crippen molar-refractivity contribution < 1.29 is 22.7 Å². The highest BCUT2D eigenvalue weighted by molar-refractivity contribution is 7.91. The van der Waals surface area contributed by atoms with Crippen molar-refractivity contribution in [2.24, 2.45) is 0 Å². The summed E-state index contributed by atoms with van der Waals surface area (Å²) in [5.74, 6) is -1.79. The zero-order valence-electron chi connectivity index (χ0n) is 15.0. The molecule has 150 valence electrons. The first-order valence-electron chi connectivity index (χ1n) is 8.37. The number of carbonyl (C=O) groups is 2. The SMILES string of the molecule is C[C@H](NC(=O)COC(=O)CCS(=O)(=O)c1cc(Cl)ccc1Cl)c1ccccc1. The molecule has 0 spiro atoms. The van der Waals surface area contributed by atoms with Crippen molar-refractivity contribution in [2.75, 3.05) is 12.4 Å². The molecule has 0 aliphatic heterocycles. The van der Waals surface area contributed by atoms with Gasteiger partial charge in [0.25, 0.3) is 5.91 Å². The molecule has 0 saturated heterocycles. The number of ether oxygens (including phenoxy) is 1. The molecule has 0 radical (unpaired) electrons. The Morgan fingerprint density at radius 3 is 2.46 bits per heavy atom. The third-order valence-corrected chi connectivity index (χ3v) is 6.27. The summed E-state index contributed by atoms with van der Waals surface area (Å²) in [4.78, 5) is 23.6. The number of rotatable bonds is 8. The minimum atomic E-state index is -3.82. The highest BCUT2D eigenvalue weighted by Crippen LogP contribution is 2.26. The highest BCUT2D eigenvalue weighted by Gasteiger charge is 2.21. The van der Waals surface area contributed by atoms with Gasteiger partial charge in [0, 0.05) is 5.02 Å². The largest absolute Gasteiger partial charge is 0.456 e. The van der Waals surface area contributed by atoms with Crippen molar-refractivity contribution in [1.82, 2.24) is 5.32 Å². The first-order chi connectivity index (χ1) is 13.2. The van der Waals surface area contributed by atoms with Gasteiger partial charge in [-0.25, -0.2) is 8.42 Å². The molecule has 1 atom stereocenters. The number of hydrogen-bond acceptors (Lipinski definition) is 5. The number of halogens is 2. The minimum Gasteiger partial charge on any atom is -0.456 e. The lowest BCUT2D eigenvalue weighted by molar-refractivity contribution is -0.148. The van der Waals surface area contributed by atoms with Crippen LogP contribution in [0.1, 0.15) is 24.9 Å². The van der Waals surface area contributed by atoms with E-state index in [0.717, 1.165) is 5.56 Å². The van der Waals surface area contributed by atoms with Crippen LogP contribution >= 0.6 is 23.2 Å². The van der Waals surface area contributed by atoms with Gasteiger partial charge < -0.3 is 10.1 Å². The number of benzene rings is 2. The van der Waals surface area contributed by atoms with Crippen LogP contribution in [-0.4, -0.2) is 32.7 Å². The van der Waals surface area contributed by atoms with Crippen LogP contribution in [0.3, 0.4) is 0 Å². The fourth-order valence-electron chi connectivity index (χ4n) is 2.37. The highest BCUT2D eigenvalue weighted by atomic mass is 35.5. The Bertz CT molecular complexity index is 948. The second-order valence-corrected chi connectivity index (χ2v) is 8.93. The molecule has 1 amide bonds. The molecule has 0 fully saturated rings. The molecule has 0 unspecified atom stereocenters. The number of hydrogen-bond donors (Lipinski definition) is 1. The van der Waals surface area contributed by atoms with Gasteiger partial charge in [-0.2, -0.15) is 0 Å². The van der Waals surface area contributed by atoms with Gasteiger partial charge in [-0.15, -0.1) is 0 Å². The van der Waals surface area contributed by atoms with Gasteiger partial charge in [-0.05, 0) is 30.7 Å². The fourth-order valence-corrected chi connectivity index (χ4v) is 4.40. The van der Waals surface area contributed by atoms with Gasteiger partial charge in [0.2, 0.25) is 0 Å². The molecule has 2 aromatic carbocycles. The van der Waals surface area contributed by atoms with Crippen LogP contribution in [-0.2, 0) is 24.2 Å². The third kappa shape index (κ3) is 6.51. The maximum atomic E-state index is 12.3.